The summed E-state index contributed by atoms with van der Waals surface area (Å²) < 4.78 is 0. The molecule has 5 nitrogen and oxygen atoms in total. The molecule has 6 heteroatoms. The van der Waals surface area contributed by atoms with Crippen LogP contribution < -0.4 is 10.2 Å². The van der Waals surface area contributed by atoms with Gasteiger partial charge < -0.3 is 10.2 Å². The maximum atomic E-state index is 12.1. The topological polar surface area (TPSA) is 52.7 Å². The lowest BCUT2D eigenvalue weighted by Gasteiger charge is -2.18. The molecule has 0 saturated carbocycles. The Morgan fingerprint density at radius 1 is 1.33 bits per heavy atom. The second-order valence-corrected chi connectivity index (χ2v) is 4.44. The standard InChI is InChI=1S/C12H14ClN3O2/c1-14-11(17)8-15-6-7-16(12(15)18)10-4-2-9(13)3-5-10/h2-5H,6-8H2,1H3,(H,14,17). The molecule has 1 fully saturated rings. The fourth-order valence-corrected chi connectivity index (χ4v) is 1.97. The molecule has 1 heterocycles. The van der Waals surface area contributed by atoms with Crippen molar-refractivity contribution in [3.63, 3.8) is 0 Å². The fraction of sp³-hybridized carbons (Fsp3) is 0.333. The van der Waals surface area contributed by atoms with E-state index in [1.165, 1.54) is 4.90 Å². The fourth-order valence-electron chi connectivity index (χ4n) is 1.84. The normalized spacial score (nSPS) is 15.1. The smallest absolute Gasteiger partial charge is 0.325 e. The summed E-state index contributed by atoms with van der Waals surface area (Å²) in [5.41, 5.74) is 0.795. The van der Waals surface area contributed by atoms with Crippen molar-refractivity contribution in [1.82, 2.24) is 10.2 Å². The number of anilines is 1. The van der Waals surface area contributed by atoms with E-state index >= 15 is 0 Å². The summed E-state index contributed by atoms with van der Waals surface area (Å²) in [5, 5.41) is 3.14. The second-order valence-electron chi connectivity index (χ2n) is 4.01. The van der Waals surface area contributed by atoms with Crippen molar-refractivity contribution in [2.75, 3.05) is 31.6 Å². The summed E-state index contributed by atoms with van der Waals surface area (Å²) in [4.78, 5) is 26.5. The SMILES string of the molecule is CNC(=O)CN1CCN(c2ccc(Cl)cc2)C1=O. The Morgan fingerprint density at radius 3 is 2.61 bits per heavy atom. The van der Waals surface area contributed by atoms with E-state index in [1.54, 1.807) is 36.2 Å². The predicted molar refractivity (Wildman–Crippen MR) is 69.8 cm³/mol. The summed E-state index contributed by atoms with van der Waals surface area (Å²) in [6.45, 7) is 1.23. The molecule has 0 spiro atoms. The Labute approximate surface area is 110 Å². The lowest BCUT2D eigenvalue weighted by molar-refractivity contribution is -0.121. The van der Waals surface area contributed by atoms with E-state index in [2.05, 4.69) is 5.32 Å². The summed E-state index contributed by atoms with van der Waals surface area (Å²) >= 11 is 5.80. The monoisotopic (exact) mass is 267 g/mol. The van der Waals surface area contributed by atoms with Gasteiger partial charge in [-0.25, -0.2) is 4.79 Å². The van der Waals surface area contributed by atoms with E-state index in [4.69, 9.17) is 11.6 Å². The van der Waals surface area contributed by atoms with Gasteiger partial charge in [-0.3, -0.25) is 9.69 Å². The highest BCUT2D eigenvalue weighted by atomic mass is 35.5. The van der Waals surface area contributed by atoms with Crippen LogP contribution in [0.15, 0.2) is 24.3 Å². The van der Waals surface area contributed by atoms with Crippen molar-refractivity contribution in [1.29, 1.82) is 0 Å². The lowest BCUT2D eigenvalue weighted by Crippen LogP contribution is -2.38. The maximum Gasteiger partial charge on any atom is 0.325 e. The van der Waals surface area contributed by atoms with Gasteiger partial charge in [-0.2, -0.15) is 0 Å². The number of benzene rings is 1. The first-order valence-electron chi connectivity index (χ1n) is 5.64. The number of hydrogen-bond donors (Lipinski definition) is 1. The molecule has 96 valence electrons. The molecule has 0 unspecified atom stereocenters. The minimum absolute atomic E-state index is 0.0966. The van der Waals surface area contributed by atoms with Gasteiger partial charge in [-0.05, 0) is 24.3 Å². The number of carbonyl (C=O) groups excluding carboxylic acids is 2. The van der Waals surface area contributed by atoms with E-state index < -0.39 is 0 Å². The Hall–Kier alpha value is -1.75. The summed E-state index contributed by atoms with van der Waals surface area (Å²) in [6.07, 6.45) is 0. The van der Waals surface area contributed by atoms with Gasteiger partial charge in [0.15, 0.2) is 0 Å². The van der Waals surface area contributed by atoms with Gasteiger partial charge in [0, 0.05) is 30.8 Å². The number of nitrogens with zero attached hydrogens (tertiary/aromatic N) is 2. The van der Waals surface area contributed by atoms with E-state index in [1.807, 2.05) is 0 Å². The van der Waals surface area contributed by atoms with Crippen LogP contribution in [-0.4, -0.2) is 43.5 Å². The minimum atomic E-state index is -0.165. The van der Waals surface area contributed by atoms with Crippen LogP contribution >= 0.6 is 11.6 Å². The molecule has 1 aliphatic heterocycles. The first kappa shape index (κ1) is 12.7. The van der Waals surface area contributed by atoms with Crippen LogP contribution in [0.2, 0.25) is 5.02 Å². The predicted octanol–water partition coefficient (Wildman–Crippen LogP) is 1.33. The van der Waals surface area contributed by atoms with Crippen molar-refractivity contribution in [2.45, 2.75) is 0 Å². The van der Waals surface area contributed by atoms with Gasteiger partial charge in [0.1, 0.15) is 6.54 Å². The average molecular weight is 268 g/mol. The number of hydrogen-bond acceptors (Lipinski definition) is 2. The lowest BCUT2D eigenvalue weighted by atomic mass is 10.3. The van der Waals surface area contributed by atoms with Crippen molar-refractivity contribution >= 4 is 29.2 Å². The molecule has 0 bridgehead atoms. The third-order valence-electron chi connectivity index (χ3n) is 2.85. The molecule has 3 amide bonds. The zero-order chi connectivity index (χ0) is 13.1. The highest BCUT2D eigenvalue weighted by molar-refractivity contribution is 6.30. The number of likely N-dealkylation sites (N-methyl/N-ethyl adjacent to an activating group) is 1. The third kappa shape index (κ3) is 2.56. The number of rotatable bonds is 3. The molecule has 1 N–H and O–H groups in total. The number of nitrogens with one attached hydrogen (secondary N) is 1. The molecule has 0 aliphatic carbocycles. The van der Waals surface area contributed by atoms with Gasteiger partial charge in [-0.1, -0.05) is 11.6 Å². The molecule has 0 aromatic heterocycles. The van der Waals surface area contributed by atoms with Crippen molar-refractivity contribution < 1.29 is 9.59 Å². The molecule has 1 aromatic carbocycles. The van der Waals surface area contributed by atoms with Gasteiger partial charge in [0.2, 0.25) is 5.91 Å². The number of urea groups is 1. The van der Waals surface area contributed by atoms with Gasteiger partial charge in [0.25, 0.3) is 0 Å². The van der Waals surface area contributed by atoms with Gasteiger partial charge in [-0.15, -0.1) is 0 Å². The first-order chi connectivity index (χ1) is 8.61. The van der Waals surface area contributed by atoms with E-state index in [0.717, 1.165) is 5.69 Å². The van der Waals surface area contributed by atoms with Crippen LogP contribution in [0.1, 0.15) is 0 Å². The van der Waals surface area contributed by atoms with Crippen LogP contribution in [0.25, 0.3) is 0 Å². The summed E-state index contributed by atoms with van der Waals surface area (Å²) in [7, 11) is 1.56. The number of carbonyl (C=O) groups is 2. The Bertz CT molecular complexity index is 461. The Morgan fingerprint density at radius 2 is 2.00 bits per heavy atom. The Balaban J connectivity index is 2.07. The van der Waals surface area contributed by atoms with Crippen molar-refractivity contribution in [3.8, 4) is 0 Å². The molecule has 0 radical (unpaired) electrons. The zero-order valence-corrected chi connectivity index (χ0v) is 10.8. The average Bonchev–Trinajstić information content (AvgIpc) is 2.72. The maximum absolute atomic E-state index is 12.1. The molecular weight excluding hydrogens is 254 g/mol. The third-order valence-corrected chi connectivity index (χ3v) is 3.10. The second kappa shape index (κ2) is 5.27. The molecule has 1 saturated heterocycles. The van der Waals surface area contributed by atoms with Crippen LogP contribution in [0.5, 0.6) is 0 Å². The van der Waals surface area contributed by atoms with Crippen LogP contribution in [0.4, 0.5) is 10.5 Å². The van der Waals surface area contributed by atoms with E-state index in [9.17, 15) is 9.59 Å². The highest BCUT2D eigenvalue weighted by Gasteiger charge is 2.30. The van der Waals surface area contributed by atoms with Crippen molar-refractivity contribution in [2.24, 2.45) is 0 Å². The first-order valence-corrected chi connectivity index (χ1v) is 6.02. The molecule has 1 aromatic rings. The van der Waals surface area contributed by atoms with Gasteiger partial charge >= 0.3 is 6.03 Å². The van der Waals surface area contributed by atoms with Crippen LogP contribution in [0.3, 0.4) is 0 Å². The molecule has 18 heavy (non-hydrogen) atoms. The molecule has 1 aliphatic rings. The number of halogens is 1. The largest absolute Gasteiger partial charge is 0.358 e. The van der Waals surface area contributed by atoms with Crippen LogP contribution in [0, 0.1) is 0 Å². The molecular formula is C12H14ClN3O2. The minimum Gasteiger partial charge on any atom is -0.358 e. The molecule has 2 rings (SSSR count). The summed E-state index contributed by atoms with van der Waals surface area (Å²) in [5.74, 6) is -0.165. The van der Waals surface area contributed by atoms with Gasteiger partial charge in [0.05, 0.1) is 0 Å². The zero-order valence-electron chi connectivity index (χ0n) is 10.0. The summed E-state index contributed by atoms with van der Waals surface area (Å²) in [6, 6.07) is 6.92. The molecule has 0 atom stereocenters. The van der Waals surface area contributed by atoms with E-state index in [0.29, 0.717) is 18.1 Å². The quantitative estimate of drug-likeness (QED) is 0.898. The Kier molecular flexibility index (Phi) is 3.72. The van der Waals surface area contributed by atoms with E-state index in [-0.39, 0.29) is 18.5 Å². The van der Waals surface area contributed by atoms with Crippen molar-refractivity contribution in [3.05, 3.63) is 29.3 Å². The highest BCUT2D eigenvalue weighted by Crippen LogP contribution is 2.22. The number of amides is 3. The van der Waals surface area contributed by atoms with Crippen LogP contribution in [-0.2, 0) is 4.79 Å².